The molecule has 1 aliphatic carbocycles. The summed E-state index contributed by atoms with van der Waals surface area (Å²) in [6, 6.07) is 0. The Bertz CT molecular complexity index is 898. The van der Waals surface area contributed by atoms with Crippen LogP contribution in [0.15, 0.2) is 12.7 Å². The van der Waals surface area contributed by atoms with Gasteiger partial charge in [-0.05, 0) is 77.0 Å². The van der Waals surface area contributed by atoms with E-state index in [1.165, 1.54) is 0 Å². The van der Waals surface area contributed by atoms with Gasteiger partial charge in [-0.2, -0.15) is 0 Å². The van der Waals surface area contributed by atoms with Crippen LogP contribution in [0.25, 0.3) is 0 Å². The third-order valence-electron chi connectivity index (χ3n) is 10.2. The van der Waals surface area contributed by atoms with Crippen molar-refractivity contribution in [2.45, 2.75) is 153 Å². The van der Waals surface area contributed by atoms with E-state index in [4.69, 9.17) is 33.5 Å². The Kier molecular flexibility index (Phi) is 9.32. The first-order valence-corrected chi connectivity index (χ1v) is 15.6. The molecule has 228 valence electrons. The number of ether oxygens (including phenoxy) is 5. The zero-order valence-corrected chi connectivity index (χ0v) is 24.9. The first kappa shape index (κ1) is 30.4. The maximum absolute atomic E-state index is 13.2. The average molecular weight is 567 g/mol. The number of carbonyl (C=O) groups is 1. The van der Waals surface area contributed by atoms with Gasteiger partial charge in [0, 0.05) is 18.8 Å². The molecule has 0 aromatic carbocycles. The van der Waals surface area contributed by atoms with Crippen LogP contribution < -0.4 is 0 Å². The number of hydrogen-bond donors (Lipinski definition) is 1. The van der Waals surface area contributed by atoms with Gasteiger partial charge in [0.1, 0.15) is 12.2 Å². The molecule has 6 fully saturated rings. The van der Waals surface area contributed by atoms with Crippen molar-refractivity contribution in [3.8, 4) is 0 Å². The van der Waals surface area contributed by atoms with Crippen LogP contribution in [0.4, 0.5) is 0 Å². The summed E-state index contributed by atoms with van der Waals surface area (Å²) < 4.78 is 30.8. The van der Waals surface area contributed by atoms with E-state index in [-0.39, 0.29) is 48.8 Å². The van der Waals surface area contributed by atoms with Crippen LogP contribution in [0.3, 0.4) is 0 Å². The number of aliphatic hydroxyl groups is 1. The lowest BCUT2D eigenvalue weighted by Crippen LogP contribution is -2.70. The number of esters is 1. The summed E-state index contributed by atoms with van der Waals surface area (Å²) in [6.45, 7) is 13.9. The fourth-order valence-electron chi connectivity index (χ4n) is 7.81. The van der Waals surface area contributed by atoms with E-state index in [0.717, 1.165) is 51.4 Å². The molecule has 13 atom stereocenters. The van der Waals surface area contributed by atoms with Crippen LogP contribution in [-0.4, -0.2) is 65.6 Å². The normalized spacial score (nSPS) is 47.1. The third kappa shape index (κ3) is 5.90. The van der Waals surface area contributed by atoms with Gasteiger partial charge in [-0.15, -0.1) is 6.58 Å². The number of carbonyl (C=O) groups excluding carboxylic acids is 1. The summed E-state index contributed by atoms with van der Waals surface area (Å²) in [6.07, 6.45) is 6.50. The highest BCUT2D eigenvalue weighted by Gasteiger charge is 2.69. The largest absolute Gasteiger partial charge is 0.459 e. The summed E-state index contributed by atoms with van der Waals surface area (Å²) in [4.78, 5) is 25.3. The number of unbranched alkanes of at least 4 members (excludes halogenated alkanes) is 2. The molecule has 1 N–H and O–H groups in total. The fourth-order valence-corrected chi connectivity index (χ4v) is 7.81. The lowest BCUT2D eigenvalue weighted by atomic mass is 9.57. The Morgan fingerprint density at radius 3 is 2.70 bits per heavy atom. The molecule has 6 rings (SSSR count). The van der Waals surface area contributed by atoms with Crippen molar-refractivity contribution in [3.05, 3.63) is 12.7 Å². The minimum Gasteiger partial charge on any atom is -0.459 e. The van der Waals surface area contributed by atoms with Crippen LogP contribution in [0.5, 0.6) is 0 Å². The molecule has 5 heterocycles. The van der Waals surface area contributed by atoms with E-state index in [1.54, 1.807) is 0 Å². The summed E-state index contributed by atoms with van der Waals surface area (Å²) in [5.74, 6) is -0.235. The molecule has 6 aliphatic rings. The number of fused-ring (bicyclic) bond motifs is 2. The molecule has 0 aromatic heterocycles. The van der Waals surface area contributed by atoms with Crippen molar-refractivity contribution in [1.82, 2.24) is 0 Å². The van der Waals surface area contributed by atoms with Gasteiger partial charge >= 0.3 is 5.97 Å². The van der Waals surface area contributed by atoms with E-state index in [0.29, 0.717) is 5.92 Å². The SMILES string of the molecule is C=CCCCC[C@@H](C)O[C@@H]1O[C@@H](C)[C@H](OC(=O)C[C@H]2O[C@@H]3O[C@@]4(C)CC[C@H]5[C@H](C)CC[C@@H]([C@H]2C)[C@@]35OO4)C[C@H]1O. The van der Waals surface area contributed by atoms with E-state index in [1.807, 2.05) is 26.8 Å². The minimum atomic E-state index is -0.872. The molecule has 9 nitrogen and oxygen atoms in total. The molecule has 9 heteroatoms. The molecule has 0 unspecified atom stereocenters. The quantitative estimate of drug-likeness (QED) is 0.166. The summed E-state index contributed by atoms with van der Waals surface area (Å²) in [5, 5.41) is 10.7. The van der Waals surface area contributed by atoms with Crippen LogP contribution >= 0.6 is 0 Å². The standard InChI is InChI=1S/C31H50O9/c1-7-8-9-10-11-19(3)34-28-24(32)16-26(21(5)35-28)36-27(33)17-25-20(4)23-13-12-18(2)22-14-15-30(6)38-29(37-25)31(22,23)40-39-30/h7,18-26,28-29,32H,1,8-17H2,2-6H3/t18-,19-,20-,21+,22+,23+,24-,25-,26-,28-,29-,30-,31-/m1/s1. The Morgan fingerprint density at radius 1 is 1.12 bits per heavy atom. The van der Waals surface area contributed by atoms with E-state index in [9.17, 15) is 9.90 Å². The number of allylic oxidation sites excluding steroid dienone is 1. The van der Waals surface area contributed by atoms with Gasteiger partial charge in [-0.1, -0.05) is 26.3 Å². The van der Waals surface area contributed by atoms with Gasteiger partial charge in [0.05, 0.1) is 24.7 Å². The van der Waals surface area contributed by atoms with E-state index >= 15 is 0 Å². The van der Waals surface area contributed by atoms with Gasteiger partial charge in [0.25, 0.3) is 0 Å². The van der Waals surface area contributed by atoms with Gasteiger partial charge in [-0.25, -0.2) is 9.78 Å². The van der Waals surface area contributed by atoms with Crippen LogP contribution in [-0.2, 0) is 38.3 Å². The van der Waals surface area contributed by atoms with Crippen LogP contribution in [0.2, 0.25) is 0 Å². The van der Waals surface area contributed by atoms with E-state index < -0.39 is 42.3 Å². The molecule has 2 bridgehead atoms. The number of aliphatic hydroxyl groups excluding tert-OH is 1. The molecule has 0 aromatic rings. The summed E-state index contributed by atoms with van der Waals surface area (Å²) >= 11 is 0. The molecular weight excluding hydrogens is 516 g/mol. The Morgan fingerprint density at radius 2 is 1.93 bits per heavy atom. The highest BCUT2D eigenvalue weighted by atomic mass is 17.3. The first-order chi connectivity index (χ1) is 19.1. The zero-order chi connectivity index (χ0) is 28.7. The van der Waals surface area contributed by atoms with Crippen LogP contribution in [0.1, 0.15) is 98.8 Å². The van der Waals surface area contributed by atoms with Crippen molar-refractivity contribution in [1.29, 1.82) is 0 Å². The highest BCUT2D eigenvalue weighted by molar-refractivity contribution is 5.70. The monoisotopic (exact) mass is 566 g/mol. The molecule has 0 radical (unpaired) electrons. The molecule has 5 saturated heterocycles. The molecule has 0 amide bonds. The smallest absolute Gasteiger partial charge is 0.308 e. The van der Waals surface area contributed by atoms with Crippen LogP contribution in [0, 0.1) is 23.7 Å². The van der Waals surface area contributed by atoms with Gasteiger partial charge in [0.2, 0.25) is 5.79 Å². The van der Waals surface area contributed by atoms with E-state index in [2.05, 4.69) is 20.4 Å². The lowest BCUT2D eigenvalue weighted by molar-refractivity contribution is -0.571. The van der Waals surface area contributed by atoms with Crippen molar-refractivity contribution in [2.24, 2.45) is 23.7 Å². The second-order valence-corrected chi connectivity index (χ2v) is 13.2. The third-order valence-corrected chi connectivity index (χ3v) is 10.2. The molecular formula is C31H50O9. The number of hydrogen-bond acceptors (Lipinski definition) is 9. The average Bonchev–Trinajstić information content (AvgIpc) is 3.13. The maximum Gasteiger partial charge on any atom is 0.308 e. The van der Waals surface area contributed by atoms with Crippen molar-refractivity contribution < 1.29 is 43.4 Å². The van der Waals surface area contributed by atoms with Crippen molar-refractivity contribution in [2.75, 3.05) is 0 Å². The lowest BCUT2D eigenvalue weighted by Gasteiger charge is -2.60. The topological polar surface area (TPSA) is 102 Å². The number of rotatable bonds is 10. The summed E-state index contributed by atoms with van der Waals surface area (Å²) in [5.41, 5.74) is -0.652. The second-order valence-electron chi connectivity index (χ2n) is 13.2. The molecule has 5 aliphatic heterocycles. The fraction of sp³-hybridized carbons (Fsp3) is 0.903. The Labute approximate surface area is 239 Å². The predicted molar refractivity (Wildman–Crippen MR) is 145 cm³/mol. The Balaban J connectivity index is 1.17. The van der Waals surface area contributed by atoms with Gasteiger partial charge in [0.15, 0.2) is 18.2 Å². The summed E-state index contributed by atoms with van der Waals surface area (Å²) in [7, 11) is 0. The molecule has 1 spiro atoms. The highest BCUT2D eigenvalue weighted by Crippen LogP contribution is 2.60. The van der Waals surface area contributed by atoms with Crippen molar-refractivity contribution in [3.63, 3.8) is 0 Å². The minimum absolute atomic E-state index is 0.0375. The second kappa shape index (κ2) is 12.3. The van der Waals surface area contributed by atoms with Gasteiger partial charge in [-0.3, -0.25) is 4.79 Å². The molecule has 40 heavy (non-hydrogen) atoms. The predicted octanol–water partition coefficient (Wildman–Crippen LogP) is 5.19. The van der Waals surface area contributed by atoms with Crippen molar-refractivity contribution >= 4 is 5.97 Å². The van der Waals surface area contributed by atoms with Gasteiger partial charge < -0.3 is 28.8 Å². The first-order valence-electron chi connectivity index (χ1n) is 15.6. The Hall–Kier alpha value is -1.07. The maximum atomic E-state index is 13.2. The molecule has 1 saturated carbocycles. The zero-order valence-electron chi connectivity index (χ0n) is 24.9.